The standard InChI is InChI=1S/C18H13ClN2OS/c1-9-15(10-3-2-4-12(23)7-10)17-16(21-18(9)22)13-8-11(19)5-6-14(13)20-17/h2-8,20,23H,1H3,(H,21,22). The van der Waals surface area contributed by atoms with Crippen molar-refractivity contribution >= 4 is 46.2 Å². The Hall–Kier alpha value is -2.17. The largest absolute Gasteiger partial charge is 0.353 e. The normalized spacial score (nSPS) is 11.4. The van der Waals surface area contributed by atoms with Crippen LogP contribution in [0.1, 0.15) is 5.56 Å². The van der Waals surface area contributed by atoms with Crippen molar-refractivity contribution in [2.75, 3.05) is 0 Å². The summed E-state index contributed by atoms with van der Waals surface area (Å²) in [6, 6.07) is 13.4. The molecule has 23 heavy (non-hydrogen) atoms. The maximum Gasteiger partial charge on any atom is 0.252 e. The molecular weight excluding hydrogens is 328 g/mol. The lowest BCUT2D eigenvalue weighted by atomic mass is 10.0. The Labute approximate surface area is 142 Å². The Morgan fingerprint density at radius 3 is 2.65 bits per heavy atom. The SMILES string of the molecule is Cc1c(-c2cccc(S)c2)c2[nH]c3ccc(Cl)cc3c2[nH]c1=O. The Morgan fingerprint density at radius 2 is 1.87 bits per heavy atom. The van der Waals surface area contributed by atoms with Crippen LogP contribution in [0.5, 0.6) is 0 Å². The van der Waals surface area contributed by atoms with Crippen molar-refractivity contribution in [3.05, 3.63) is 63.4 Å². The first kappa shape index (κ1) is 14.4. The van der Waals surface area contributed by atoms with E-state index in [4.69, 9.17) is 11.6 Å². The van der Waals surface area contributed by atoms with E-state index >= 15 is 0 Å². The molecular formula is C18H13ClN2OS. The molecule has 3 nitrogen and oxygen atoms in total. The number of halogens is 1. The number of H-pyrrole nitrogens is 2. The van der Waals surface area contributed by atoms with Gasteiger partial charge in [-0.1, -0.05) is 23.7 Å². The Morgan fingerprint density at radius 1 is 1.04 bits per heavy atom. The zero-order chi connectivity index (χ0) is 16.1. The molecule has 0 fully saturated rings. The van der Waals surface area contributed by atoms with E-state index < -0.39 is 0 Å². The average Bonchev–Trinajstić information content (AvgIpc) is 2.86. The average molecular weight is 341 g/mol. The van der Waals surface area contributed by atoms with Crippen LogP contribution in [0.2, 0.25) is 5.02 Å². The predicted octanol–water partition coefficient (Wildman–Crippen LogP) is 4.93. The number of hydrogen-bond acceptors (Lipinski definition) is 2. The van der Waals surface area contributed by atoms with Crippen molar-refractivity contribution in [2.24, 2.45) is 0 Å². The lowest BCUT2D eigenvalue weighted by Gasteiger charge is -2.08. The second-order valence-corrected chi connectivity index (χ2v) is 6.52. The molecule has 2 aromatic heterocycles. The monoisotopic (exact) mass is 340 g/mol. The van der Waals surface area contributed by atoms with E-state index in [1.54, 1.807) is 0 Å². The third-order valence-corrected chi connectivity index (χ3v) is 4.61. The summed E-state index contributed by atoms with van der Waals surface area (Å²) in [6.07, 6.45) is 0. The van der Waals surface area contributed by atoms with Gasteiger partial charge in [-0.15, -0.1) is 12.6 Å². The van der Waals surface area contributed by atoms with Crippen molar-refractivity contribution in [3.63, 3.8) is 0 Å². The summed E-state index contributed by atoms with van der Waals surface area (Å²) in [5, 5.41) is 1.55. The summed E-state index contributed by atoms with van der Waals surface area (Å²) in [4.78, 5) is 19.6. The smallest absolute Gasteiger partial charge is 0.252 e. The van der Waals surface area contributed by atoms with Crippen LogP contribution in [0.25, 0.3) is 33.1 Å². The molecule has 5 heteroatoms. The van der Waals surface area contributed by atoms with E-state index in [1.165, 1.54) is 0 Å². The van der Waals surface area contributed by atoms with E-state index in [0.29, 0.717) is 10.6 Å². The first-order chi connectivity index (χ1) is 11.0. The summed E-state index contributed by atoms with van der Waals surface area (Å²) >= 11 is 10.5. The summed E-state index contributed by atoms with van der Waals surface area (Å²) < 4.78 is 0. The minimum atomic E-state index is -0.0991. The molecule has 0 aliphatic heterocycles. The van der Waals surface area contributed by atoms with Gasteiger partial charge in [-0.2, -0.15) is 0 Å². The molecule has 0 bridgehead atoms. The number of aromatic amines is 2. The van der Waals surface area contributed by atoms with E-state index in [-0.39, 0.29) is 5.56 Å². The topological polar surface area (TPSA) is 48.6 Å². The highest BCUT2D eigenvalue weighted by Gasteiger charge is 2.15. The van der Waals surface area contributed by atoms with Gasteiger partial charge >= 0.3 is 0 Å². The second-order valence-electron chi connectivity index (χ2n) is 5.57. The maximum atomic E-state index is 12.4. The maximum absolute atomic E-state index is 12.4. The number of rotatable bonds is 1. The number of benzene rings is 2. The predicted molar refractivity (Wildman–Crippen MR) is 98.9 cm³/mol. The van der Waals surface area contributed by atoms with Crippen LogP contribution in [0.3, 0.4) is 0 Å². The molecule has 114 valence electrons. The summed E-state index contributed by atoms with van der Waals surface area (Å²) in [7, 11) is 0. The first-order valence-corrected chi connectivity index (χ1v) is 8.00. The van der Waals surface area contributed by atoms with Crippen molar-refractivity contribution in [3.8, 4) is 11.1 Å². The van der Waals surface area contributed by atoms with Crippen molar-refractivity contribution in [1.29, 1.82) is 0 Å². The fourth-order valence-corrected chi connectivity index (χ4v) is 3.41. The van der Waals surface area contributed by atoms with Gasteiger partial charge < -0.3 is 9.97 Å². The fraction of sp³-hybridized carbons (Fsp3) is 0.0556. The van der Waals surface area contributed by atoms with Crippen LogP contribution in [0.15, 0.2) is 52.2 Å². The van der Waals surface area contributed by atoms with Gasteiger partial charge in [0.05, 0.1) is 11.0 Å². The van der Waals surface area contributed by atoms with Crippen molar-refractivity contribution in [1.82, 2.24) is 9.97 Å². The number of nitrogens with one attached hydrogen (secondary N) is 2. The Kier molecular flexibility index (Phi) is 3.25. The minimum Gasteiger partial charge on any atom is -0.353 e. The molecule has 4 rings (SSSR count). The highest BCUT2D eigenvalue weighted by molar-refractivity contribution is 7.80. The zero-order valence-electron chi connectivity index (χ0n) is 12.3. The zero-order valence-corrected chi connectivity index (χ0v) is 13.9. The molecule has 2 N–H and O–H groups in total. The van der Waals surface area contributed by atoms with E-state index in [1.807, 2.05) is 49.4 Å². The minimum absolute atomic E-state index is 0.0991. The highest BCUT2D eigenvalue weighted by Crippen LogP contribution is 2.34. The molecule has 0 unspecified atom stereocenters. The van der Waals surface area contributed by atoms with Crippen molar-refractivity contribution < 1.29 is 0 Å². The molecule has 0 atom stereocenters. The van der Waals surface area contributed by atoms with Crippen LogP contribution in [0, 0.1) is 6.92 Å². The Bertz CT molecular complexity index is 1130. The van der Waals surface area contributed by atoms with Gasteiger partial charge in [-0.05, 0) is 42.8 Å². The molecule has 4 aromatic rings. The molecule has 0 radical (unpaired) electrons. The molecule has 0 saturated carbocycles. The number of thiol groups is 1. The highest BCUT2D eigenvalue weighted by atomic mass is 35.5. The second kappa shape index (κ2) is 5.18. The van der Waals surface area contributed by atoms with Gasteiger partial charge in [-0.25, -0.2) is 0 Å². The van der Waals surface area contributed by atoms with E-state index in [0.717, 1.165) is 38.0 Å². The summed E-state index contributed by atoms with van der Waals surface area (Å²) in [5.74, 6) is 0. The first-order valence-electron chi connectivity index (χ1n) is 7.18. The van der Waals surface area contributed by atoms with E-state index in [9.17, 15) is 4.79 Å². The fourth-order valence-electron chi connectivity index (χ4n) is 3.01. The summed E-state index contributed by atoms with van der Waals surface area (Å²) in [6.45, 7) is 1.83. The van der Waals surface area contributed by atoms with Gasteiger partial charge in [0.1, 0.15) is 0 Å². The molecule has 2 aromatic carbocycles. The quantitative estimate of drug-likeness (QED) is 0.423. The number of fused-ring (bicyclic) bond motifs is 3. The van der Waals surface area contributed by atoms with Crippen LogP contribution in [0.4, 0.5) is 0 Å². The molecule has 0 aliphatic carbocycles. The lowest BCUT2D eigenvalue weighted by molar-refractivity contribution is 1.24. The molecule has 2 heterocycles. The molecule has 0 amide bonds. The van der Waals surface area contributed by atoms with Gasteiger partial charge in [0.25, 0.3) is 5.56 Å². The number of pyridine rings is 1. The lowest BCUT2D eigenvalue weighted by Crippen LogP contribution is -2.10. The van der Waals surface area contributed by atoms with Crippen molar-refractivity contribution in [2.45, 2.75) is 11.8 Å². The summed E-state index contributed by atoms with van der Waals surface area (Å²) in [5.41, 5.74) is 5.05. The van der Waals surface area contributed by atoms with Gasteiger partial charge in [-0.3, -0.25) is 4.79 Å². The Balaban J connectivity index is 2.20. The van der Waals surface area contributed by atoms with Crippen LogP contribution >= 0.6 is 24.2 Å². The number of hydrogen-bond donors (Lipinski definition) is 3. The van der Waals surface area contributed by atoms with E-state index in [2.05, 4.69) is 22.6 Å². The van der Waals surface area contributed by atoms with Crippen LogP contribution in [-0.2, 0) is 0 Å². The molecule has 0 saturated heterocycles. The third-order valence-electron chi connectivity index (χ3n) is 4.10. The van der Waals surface area contributed by atoms with Crippen LogP contribution < -0.4 is 5.56 Å². The van der Waals surface area contributed by atoms with Crippen LogP contribution in [-0.4, -0.2) is 9.97 Å². The third kappa shape index (κ3) is 2.26. The van der Waals surface area contributed by atoms with Gasteiger partial charge in [0.2, 0.25) is 0 Å². The van der Waals surface area contributed by atoms with Gasteiger partial charge in [0.15, 0.2) is 0 Å². The molecule has 0 spiro atoms. The van der Waals surface area contributed by atoms with Gasteiger partial charge in [0, 0.05) is 31.9 Å². The molecule has 0 aliphatic rings. The number of aromatic nitrogens is 2.